The van der Waals surface area contributed by atoms with Gasteiger partial charge in [0, 0.05) is 18.7 Å². The molecule has 0 aliphatic heterocycles. The standard InChI is InChI=1S/C24H30N2/c1-2-17(16-26)18-5-7-19(8-6-18)20-9-11-21(12-10-20)23-22-15-24(22,23)13-3-4-14-25/h2-5,7-11,16,18,21-23,26H,6,12-15,25H2,1H3/b4-3-,17-2+,26-16?/t18-,21+,22?,23?,24-/m0/s1. The van der Waals surface area contributed by atoms with E-state index in [2.05, 4.69) is 48.6 Å². The van der Waals surface area contributed by atoms with E-state index < -0.39 is 0 Å². The van der Waals surface area contributed by atoms with Gasteiger partial charge in [0.15, 0.2) is 0 Å². The van der Waals surface area contributed by atoms with Gasteiger partial charge in [-0.05, 0) is 72.5 Å². The fourth-order valence-electron chi connectivity index (χ4n) is 5.16. The van der Waals surface area contributed by atoms with E-state index in [0.717, 1.165) is 29.7 Å². The third kappa shape index (κ3) is 3.01. The highest BCUT2D eigenvalue weighted by Crippen LogP contribution is 2.84. The molecule has 0 bridgehead atoms. The minimum atomic E-state index is 0.363. The summed E-state index contributed by atoms with van der Waals surface area (Å²) in [5.74, 6) is 2.98. The lowest BCUT2D eigenvalue weighted by Crippen LogP contribution is -2.12. The van der Waals surface area contributed by atoms with Gasteiger partial charge in [0.1, 0.15) is 0 Å². The van der Waals surface area contributed by atoms with Crippen LogP contribution in [-0.2, 0) is 0 Å². The number of allylic oxidation sites excluding steroid dienone is 11. The van der Waals surface area contributed by atoms with Gasteiger partial charge in [-0.3, -0.25) is 0 Å². The summed E-state index contributed by atoms with van der Waals surface area (Å²) in [6, 6.07) is 0. The van der Waals surface area contributed by atoms with Crippen molar-refractivity contribution < 1.29 is 0 Å². The summed E-state index contributed by atoms with van der Waals surface area (Å²) in [4.78, 5) is 0. The molecule has 0 spiro atoms. The van der Waals surface area contributed by atoms with Gasteiger partial charge in [-0.25, -0.2) is 0 Å². The van der Waals surface area contributed by atoms with Crippen molar-refractivity contribution in [3.63, 3.8) is 0 Å². The van der Waals surface area contributed by atoms with Gasteiger partial charge < -0.3 is 11.1 Å². The van der Waals surface area contributed by atoms with Gasteiger partial charge in [0.2, 0.25) is 0 Å². The molecular weight excluding hydrogens is 316 g/mol. The first-order valence-corrected chi connectivity index (χ1v) is 10.0. The van der Waals surface area contributed by atoms with Crippen LogP contribution in [0.5, 0.6) is 0 Å². The lowest BCUT2D eigenvalue weighted by Gasteiger charge is -2.23. The van der Waals surface area contributed by atoms with E-state index in [0.29, 0.717) is 17.9 Å². The van der Waals surface area contributed by atoms with Gasteiger partial charge in [0.05, 0.1) is 0 Å². The molecule has 2 saturated carbocycles. The first kappa shape index (κ1) is 17.5. The van der Waals surface area contributed by atoms with E-state index in [9.17, 15) is 0 Å². The summed E-state index contributed by atoms with van der Waals surface area (Å²) in [5, 5.41) is 7.52. The fourth-order valence-corrected chi connectivity index (χ4v) is 5.16. The van der Waals surface area contributed by atoms with E-state index >= 15 is 0 Å². The van der Waals surface area contributed by atoms with Crippen LogP contribution in [0.4, 0.5) is 0 Å². The number of fused-ring (bicyclic) bond motifs is 1. The quantitative estimate of drug-likeness (QED) is 0.487. The number of rotatable bonds is 7. The molecule has 0 radical (unpaired) electrons. The van der Waals surface area contributed by atoms with Crippen LogP contribution < -0.4 is 5.73 Å². The molecule has 0 aromatic carbocycles. The molecule has 0 amide bonds. The average Bonchev–Trinajstić information content (AvgIpc) is 3.54. The lowest BCUT2D eigenvalue weighted by molar-refractivity contribution is 0.388. The van der Waals surface area contributed by atoms with Crippen molar-refractivity contribution in [1.29, 1.82) is 5.41 Å². The van der Waals surface area contributed by atoms with E-state index in [1.54, 1.807) is 0 Å². The van der Waals surface area contributed by atoms with Crippen LogP contribution in [0.25, 0.3) is 0 Å². The first-order chi connectivity index (χ1) is 12.7. The highest BCUT2D eigenvalue weighted by molar-refractivity contribution is 5.77. The van der Waals surface area contributed by atoms with E-state index in [4.69, 9.17) is 11.1 Å². The summed E-state index contributed by atoms with van der Waals surface area (Å²) < 4.78 is 0. The molecule has 26 heavy (non-hydrogen) atoms. The van der Waals surface area contributed by atoms with Crippen LogP contribution in [0.3, 0.4) is 0 Å². The third-order valence-corrected chi connectivity index (χ3v) is 6.92. The Morgan fingerprint density at radius 2 is 1.96 bits per heavy atom. The molecule has 2 unspecified atom stereocenters. The largest absolute Gasteiger partial charge is 0.327 e. The van der Waals surface area contributed by atoms with Crippen LogP contribution in [0.1, 0.15) is 32.6 Å². The first-order valence-electron chi connectivity index (χ1n) is 10.0. The van der Waals surface area contributed by atoms with Crippen LogP contribution in [-0.4, -0.2) is 12.8 Å². The van der Waals surface area contributed by atoms with Gasteiger partial charge in [0.25, 0.3) is 0 Å². The normalized spacial score (nSPS) is 38.0. The summed E-state index contributed by atoms with van der Waals surface area (Å²) in [6.45, 7) is 2.68. The highest BCUT2D eigenvalue weighted by atomic mass is 14.8. The average molecular weight is 347 g/mol. The fraction of sp³-hybridized carbons (Fsp3) is 0.458. The van der Waals surface area contributed by atoms with Crippen molar-refractivity contribution in [2.45, 2.75) is 32.6 Å². The van der Waals surface area contributed by atoms with Crippen molar-refractivity contribution in [2.24, 2.45) is 34.8 Å². The Kier molecular flexibility index (Phi) is 4.71. The number of hydrogen-bond acceptors (Lipinski definition) is 2. The minimum Gasteiger partial charge on any atom is -0.327 e. The molecular formula is C24H30N2. The summed E-state index contributed by atoms with van der Waals surface area (Å²) in [7, 11) is 0. The Morgan fingerprint density at radius 1 is 1.19 bits per heavy atom. The minimum absolute atomic E-state index is 0.363. The molecule has 3 N–H and O–H groups in total. The number of hydrogen-bond donors (Lipinski definition) is 2. The monoisotopic (exact) mass is 346 g/mol. The Bertz CT molecular complexity index is 761. The zero-order valence-corrected chi connectivity index (χ0v) is 15.7. The predicted molar refractivity (Wildman–Crippen MR) is 110 cm³/mol. The molecule has 5 atom stereocenters. The van der Waals surface area contributed by atoms with Crippen molar-refractivity contribution in [3.8, 4) is 0 Å². The number of nitrogens with one attached hydrogen (secondary N) is 1. The molecule has 4 aliphatic rings. The Labute approximate surface area is 157 Å². The Balaban J connectivity index is 1.33. The molecule has 136 valence electrons. The number of nitrogens with two attached hydrogens (primary N) is 1. The molecule has 4 aliphatic carbocycles. The van der Waals surface area contributed by atoms with E-state index in [-0.39, 0.29) is 0 Å². The zero-order valence-electron chi connectivity index (χ0n) is 15.7. The Morgan fingerprint density at radius 3 is 2.50 bits per heavy atom. The maximum atomic E-state index is 7.52. The van der Waals surface area contributed by atoms with Crippen LogP contribution >= 0.6 is 0 Å². The molecule has 2 nitrogen and oxygen atoms in total. The van der Waals surface area contributed by atoms with Gasteiger partial charge in [-0.2, -0.15) is 0 Å². The maximum Gasteiger partial charge on any atom is 0.0212 e. The van der Waals surface area contributed by atoms with Gasteiger partial charge in [-0.15, -0.1) is 0 Å². The predicted octanol–water partition coefficient (Wildman–Crippen LogP) is 5.13. The SMILES string of the molecule is C/C=C(\C=N)[C@H]1C=CC(C2=CC[C@H](C3C4C[C@@]43C/C=C\CN)C=C2)=CC1. The Hall–Kier alpha value is -1.93. The molecule has 2 fully saturated rings. The summed E-state index contributed by atoms with van der Waals surface area (Å²) in [6.07, 6.45) is 26.9. The maximum absolute atomic E-state index is 7.52. The summed E-state index contributed by atoms with van der Waals surface area (Å²) in [5.41, 5.74) is 10.0. The second kappa shape index (κ2) is 7.00. The molecule has 0 saturated heterocycles. The van der Waals surface area contributed by atoms with Crippen molar-refractivity contribution >= 4 is 6.21 Å². The second-order valence-corrected chi connectivity index (χ2v) is 8.19. The van der Waals surface area contributed by atoms with Crippen LogP contribution in [0, 0.1) is 34.5 Å². The topological polar surface area (TPSA) is 49.9 Å². The molecule has 0 aromatic rings. The molecule has 0 heterocycles. The molecule has 4 rings (SSSR count). The van der Waals surface area contributed by atoms with E-state index in [1.165, 1.54) is 36.6 Å². The lowest BCUT2D eigenvalue weighted by atomic mass is 9.81. The highest BCUT2D eigenvalue weighted by Gasteiger charge is 2.78. The van der Waals surface area contributed by atoms with Gasteiger partial charge in [-0.1, -0.05) is 54.7 Å². The van der Waals surface area contributed by atoms with Gasteiger partial charge >= 0.3 is 0 Å². The molecule has 2 heteroatoms. The summed E-state index contributed by atoms with van der Waals surface area (Å²) >= 11 is 0. The van der Waals surface area contributed by atoms with Crippen LogP contribution in [0.2, 0.25) is 0 Å². The zero-order chi connectivity index (χ0) is 18.1. The van der Waals surface area contributed by atoms with Crippen molar-refractivity contribution in [3.05, 3.63) is 71.4 Å². The molecule has 0 aromatic heterocycles. The van der Waals surface area contributed by atoms with Crippen molar-refractivity contribution in [1.82, 2.24) is 0 Å². The van der Waals surface area contributed by atoms with E-state index in [1.807, 2.05) is 13.0 Å². The van der Waals surface area contributed by atoms with Crippen molar-refractivity contribution in [2.75, 3.05) is 6.54 Å². The second-order valence-electron chi connectivity index (χ2n) is 8.19. The smallest absolute Gasteiger partial charge is 0.0212 e. The van der Waals surface area contributed by atoms with Crippen LogP contribution in [0.15, 0.2) is 71.4 Å². The third-order valence-electron chi connectivity index (χ3n) is 6.92.